The van der Waals surface area contributed by atoms with Crippen molar-refractivity contribution < 1.29 is 4.42 Å². The number of furan rings is 1. The Balaban J connectivity index is 2.40. The summed E-state index contributed by atoms with van der Waals surface area (Å²) >= 11 is 0. The molecule has 2 N–H and O–H groups in total. The molecule has 54 valence electrons. The van der Waals surface area contributed by atoms with Gasteiger partial charge in [0.15, 0.2) is 0 Å². The highest BCUT2D eigenvalue weighted by Gasteiger charge is 1.85. The highest BCUT2D eigenvalue weighted by molar-refractivity contribution is 5.75. The Morgan fingerprint density at radius 3 is 3.20 bits per heavy atom. The largest absolute Gasteiger partial charge is 0.463 e. The van der Waals surface area contributed by atoms with Gasteiger partial charge < -0.3 is 10.2 Å². The summed E-state index contributed by atoms with van der Waals surface area (Å²) in [6.07, 6.45) is 3.29. The van der Waals surface area contributed by atoms with Crippen LogP contribution < -0.4 is 5.73 Å². The van der Waals surface area contributed by atoms with Crippen molar-refractivity contribution in [3.8, 4) is 0 Å². The van der Waals surface area contributed by atoms with Crippen molar-refractivity contribution in [3.63, 3.8) is 0 Å². The number of nitrogens with two attached hydrogens (primary N) is 1. The topological polar surface area (TPSA) is 51.5 Å². The lowest BCUT2D eigenvalue weighted by molar-refractivity contribution is 0.560. The van der Waals surface area contributed by atoms with Crippen molar-refractivity contribution in [3.05, 3.63) is 24.2 Å². The highest BCUT2D eigenvalue weighted by Crippen LogP contribution is 1.94. The second-order valence-corrected chi connectivity index (χ2v) is 1.84. The maximum absolute atomic E-state index is 5.22. The fourth-order valence-corrected chi connectivity index (χ4v) is 0.594. The van der Waals surface area contributed by atoms with Crippen molar-refractivity contribution in [1.29, 1.82) is 0 Å². The Bertz CT molecular complexity index is 191. The molecule has 0 aliphatic rings. The van der Waals surface area contributed by atoms with Gasteiger partial charge in [-0.2, -0.15) is 0 Å². The molecule has 3 heteroatoms. The fourth-order valence-electron chi connectivity index (χ4n) is 0.594. The summed E-state index contributed by atoms with van der Waals surface area (Å²) in [5.41, 5.74) is 5.22. The summed E-state index contributed by atoms with van der Waals surface area (Å²) in [4.78, 5) is 3.99. The maximum atomic E-state index is 5.22. The minimum absolute atomic E-state index is 0.581. The highest BCUT2D eigenvalue weighted by atomic mass is 16.3. The van der Waals surface area contributed by atoms with Crippen LogP contribution in [-0.2, 0) is 0 Å². The first-order chi connectivity index (χ1) is 4.93. The van der Waals surface area contributed by atoms with Gasteiger partial charge in [0.25, 0.3) is 0 Å². The number of rotatable bonds is 3. The van der Waals surface area contributed by atoms with E-state index in [0.717, 1.165) is 5.76 Å². The van der Waals surface area contributed by atoms with Crippen molar-refractivity contribution in [2.75, 3.05) is 13.1 Å². The van der Waals surface area contributed by atoms with E-state index < -0.39 is 0 Å². The van der Waals surface area contributed by atoms with Gasteiger partial charge in [0.2, 0.25) is 0 Å². The van der Waals surface area contributed by atoms with E-state index in [-0.39, 0.29) is 0 Å². The third-order valence-electron chi connectivity index (χ3n) is 1.02. The van der Waals surface area contributed by atoms with E-state index >= 15 is 0 Å². The molecule has 1 heterocycles. The zero-order chi connectivity index (χ0) is 7.23. The monoisotopic (exact) mass is 138 g/mol. The molecule has 1 rings (SSSR count). The molecule has 1 aromatic heterocycles. The maximum Gasteiger partial charge on any atom is 0.144 e. The first kappa shape index (κ1) is 7.02. The van der Waals surface area contributed by atoms with Gasteiger partial charge in [0.05, 0.1) is 19.0 Å². The third-order valence-corrected chi connectivity index (χ3v) is 1.02. The summed E-state index contributed by atoms with van der Waals surface area (Å²) in [5, 5.41) is 0. The molecule has 10 heavy (non-hydrogen) atoms. The van der Waals surface area contributed by atoms with Crippen LogP contribution in [0.25, 0.3) is 0 Å². The van der Waals surface area contributed by atoms with Crippen molar-refractivity contribution >= 4 is 6.21 Å². The molecule has 0 fully saturated rings. The van der Waals surface area contributed by atoms with Crippen LogP contribution in [0.5, 0.6) is 0 Å². The molecule has 0 spiro atoms. The third kappa shape index (κ3) is 2.03. The lowest BCUT2D eigenvalue weighted by Gasteiger charge is -1.83. The summed E-state index contributed by atoms with van der Waals surface area (Å²) in [5.74, 6) is 0.772. The molecule has 0 amide bonds. The smallest absolute Gasteiger partial charge is 0.144 e. The molecule has 0 aliphatic carbocycles. The van der Waals surface area contributed by atoms with E-state index in [1.807, 2.05) is 12.1 Å². The van der Waals surface area contributed by atoms with E-state index in [4.69, 9.17) is 10.2 Å². The second-order valence-electron chi connectivity index (χ2n) is 1.84. The quantitative estimate of drug-likeness (QED) is 0.624. The molecule has 3 nitrogen and oxygen atoms in total. The molecule has 0 saturated carbocycles. The molecule has 0 bridgehead atoms. The minimum Gasteiger partial charge on any atom is -0.463 e. The van der Waals surface area contributed by atoms with Gasteiger partial charge >= 0.3 is 0 Å². The summed E-state index contributed by atoms with van der Waals surface area (Å²) < 4.78 is 4.99. The average molecular weight is 138 g/mol. The number of hydrogen-bond acceptors (Lipinski definition) is 3. The predicted molar refractivity (Wildman–Crippen MR) is 40.2 cm³/mol. The Morgan fingerprint density at radius 1 is 1.70 bits per heavy atom. The van der Waals surface area contributed by atoms with E-state index in [0.29, 0.717) is 13.1 Å². The van der Waals surface area contributed by atoms with Gasteiger partial charge in [0, 0.05) is 6.54 Å². The van der Waals surface area contributed by atoms with Gasteiger partial charge in [-0.05, 0) is 12.1 Å². The Morgan fingerprint density at radius 2 is 2.60 bits per heavy atom. The zero-order valence-electron chi connectivity index (χ0n) is 5.66. The number of hydrogen-bond donors (Lipinski definition) is 1. The summed E-state index contributed by atoms with van der Waals surface area (Å²) in [6, 6.07) is 3.67. The van der Waals surface area contributed by atoms with Crippen LogP contribution in [0.3, 0.4) is 0 Å². The molecule has 0 aliphatic heterocycles. The lowest BCUT2D eigenvalue weighted by Crippen LogP contribution is -2.02. The van der Waals surface area contributed by atoms with Gasteiger partial charge in [0.1, 0.15) is 5.76 Å². The van der Waals surface area contributed by atoms with E-state index in [1.54, 1.807) is 12.5 Å². The van der Waals surface area contributed by atoms with Crippen LogP contribution in [0.2, 0.25) is 0 Å². The average Bonchev–Trinajstić information content (AvgIpc) is 2.41. The van der Waals surface area contributed by atoms with Crippen LogP contribution in [0, 0.1) is 0 Å². The van der Waals surface area contributed by atoms with Crippen molar-refractivity contribution in [2.45, 2.75) is 0 Å². The van der Waals surface area contributed by atoms with Gasteiger partial charge in [-0.3, -0.25) is 4.99 Å². The van der Waals surface area contributed by atoms with E-state index in [2.05, 4.69) is 4.99 Å². The van der Waals surface area contributed by atoms with E-state index in [1.165, 1.54) is 0 Å². The molecule has 0 saturated heterocycles. The van der Waals surface area contributed by atoms with Crippen LogP contribution >= 0.6 is 0 Å². The van der Waals surface area contributed by atoms with Gasteiger partial charge in [-0.25, -0.2) is 0 Å². The first-order valence-corrected chi connectivity index (χ1v) is 3.17. The molecule has 0 aromatic carbocycles. The first-order valence-electron chi connectivity index (χ1n) is 3.17. The Labute approximate surface area is 59.6 Å². The molecule has 1 aromatic rings. The van der Waals surface area contributed by atoms with Crippen LogP contribution in [0.1, 0.15) is 5.76 Å². The van der Waals surface area contributed by atoms with Crippen LogP contribution in [0.15, 0.2) is 27.8 Å². The Hall–Kier alpha value is -1.09. The molecule has 0 radical (unpaired) electrons. The van der Waals surface area contributed by atoms with Gasteiger partial charge in [-0.15, -0.1) is 0 Å². The van der Waals surface area contributed by atoms with Crippen LogP contribution in [-0.4, -0.2) is 19.3 Å². The number of nitrogens with zero attached hydrogens (tertiary/aromatic N) is 1. The summed E-state index contributed by atoms with van der Waals surface area (Å²) in [6.45, 7) is 1.23. The lowest BCUT2D eigenvalue weighted by atomic mass is 10.5. The molecular formula is C7H10N2O. The second kappa shape index (κ2) is 3.85. The zero-order valence-corrected chi connectivity index (χ0v) is 5.66. The molecular weight excluding hydrogens is 128 g/mol. The molecule has 0 unspecified atom stereocenters. The number of aliphatic imine (C=N–C) groups is 1. The minimum atomic E-state index is 0.581. The normalized spacial score (nSPS) is 10.9. The van der Waals surface area contributed by atoms with Crippen molar-refractivity contribution in [2.24, 2.45) is 10.7 Å². The van der Waals surface area contributed by atoms with Crippen LogP contribution in [0.4, 0.5) is 0 Å². The molecule has 0 atom stereocenters. The van der Waals surface area contributed by atoms with E-state index in [9.17, 15) is 0 Å². The SMILES string of the molecule is NCCN=Cc1ccco1. The summed E-state index contributed by atoms with van der Waals surface area (Å²) in [7, 11) is 0. The fraction of sp³-hybridized carbons (Fsp3) is 0.286. The standard InChI is InChI=1S/C7H10N2O/c8-3-4-9-6-7-2-1-5-10-7/h1-2,5-6H,3-4,8H2. The van der Waals surface area contributed by atoms with Crippen molar-refractivity contribution in [1.82, 2.24) is 0 Å². The Kier molecular flexibility index (Phi) is 2.70. The predicted octanol–water partition coefficient (Wildman–Crippen LogP) is 0.657. The van der Waals surface area contributed by atoms with Gasteiger partial charge in [-0.1, -0.05) is 0 Å².